The van der Waals surface area contributed by atoms with E-state index in [9.17, 15) is 0 Å². The number of benzene rings is 1. The van der Waals surface area contributed by atoms with E-state index in [1.165, 1.54) is 11.3 Å². The fraction of sp³-hybridized carbons (Fsp3) is 0.647. The maximum absolute atomic E-state index is 6.19. The second kappa shape index (κ2) is 6.99. The molecule has 1 fully saturated rings. The van der Waals surface area contributed by atoms with Crippen molar-refractivity contribution in [3.8, 4) is 0 Å². The number of hydrogen-bond donors (Lipinski definition) is 1. The summed E-state index contributed by atoms with van der Waals surface area (Å²) < 4.78 is 5.77. The van der Waals surface area contributed by atoms with Crippen molar-refractivity contribution in [2.45, 2.75) is 52.3 Å². The van der Waals surface area contributed by atoms with E-state index in [1.54, 1.807) is 0 Å². The number of nitrogens with zero attached hydrogens (tertiary/aromatic N) is 1. The summed E-state index contributed by atoms with van der Waals surface area (Å²) in [6, 6.07) is 6.19. The van der Waals surface area contributed by atoms with Crippen LogP contribution in [0.15, 0.2) is 18.2 Å². The lowest BCUT2D eigenvalue weighted by molar-refractivity contribution is 0.0384. The number of hydrogen-bond acceptors (Lipinski definition) is 3. The zero-order valence-corrected chi connectivity index (χ0v) is 14.3. The highest BCUT2D eigenvalue weighted by Crippen LogP contribution is 2.27. The molecule has 118 valence electrons. The third-order valence-corrected chi connectivity index (χ3v) is 4.02. The minimum absolute atomic E-state index is 0.0938. The number of rotatable bonds is 4. The summed E-state index contributed by atoms with van der Waals surface area (Å²) in [6.45, 7) is 12.2. The quantitative estimate of drug-likeness (QED) is 0.914. The van der Waals surface area contributed by atoms with Crippen molar-refractivity contribution in [3.63, 3.8) is 0 Å². The molecule has 0 aliphatic carbocycles. The van der Waals surface area contributed by atoms with Gasteiger partial charge in [-0.3, -0.25) is 0 Å². The van der Waals surface area contributed by atoms with Gasteiger partial charge in [-0.15, -0.1) is 0 Å². The summed E-state index contributed by atoms with van der Waals surface area (Å²) in [6.07, 6.45) is 1.39. The van der Waals surface area contributed by atoms with Gasteiger partial charge >= 0.3 is 0 Å². The predicted molar refractivity (Wildman–Crippen MR) is 90.3 cm³/mol. The molecule has 4 heteroatoms. The van der Waals surface area contributed by atoms with E-state index in [2.05, 4.69) is 50.0 Å². The SMILES string of the molecule is CCC1CN(c2ccc(Cl)cc2CNC(C)(C)C)CCO1. The molecule has 1 atom stereocenters. The highest BCUT2D eigenvalue weighted by atomic mass is 35.5. The van der Waals surface area contributed by atoms with Gasteiger partial charge in [0.05, 0.1) is 12.7 Å². The van der Waals surface area contributed by atoms with Crippen LogP contribution in [0.2, 0.25) is 5.02 Å². The Morgan fingerprint density at radius 2 is 2.14 bits per heavy atom. The molecule has 0 aromatic heterocycles. The Kier molecular flexibility index (Phi) is 5.53. The van der Waals surface area contributed by atoms with Gasteiger partial charge in [-0.05, 0) is 51.0 Å². The first-order chi connectivity index (χ1) is 9.89. The molecule has 1 aromatic carbocycles. The Bertz CT molecular complexity index is 470. The molecule has 1 heterocycles. The zero-order valence-electron chi connectivity index (χ0n) is 13.6. The van der Waals surface area contributed by atoms with Crippen molar-refractivity contribution in [2.75, 3.05) is 24.6 Å². The first kappa shape index (κ1) is 16.6. The highest BCUT2D eigenvalue weighted by Gasteiger charge is 2.21. The zero-order chi connectivity index (χ0) is 15.5. The van der Waals surface area contributed by atoms with Gasteiger partial charge in [0.2, 0.25) is 0 Å². The van der Waals surface area contributed by atoms with Gasteiger partial charge in [0.25, 0.3) is 0 Å². The molecule has 1 aromatic rings. The number of nitrogens with one attached hydrogen (secondary N) is 1. The van der Waals surface area contributed by atoms with Gasteiger partial charge in [0, 0.05) is 35.9 Å². The van der Waals surface area contributed by atoms with Crippen LogP contribution in [-0.4, -0.2) is 31.3 Å². The van der Waals surface area contributed by atoms with Crippen molar-refractivity contribution in [1.29, 1.82) is 0 Å². The van der Waals surface area contributed by atoms with Crippen molar-refractivity contribution < 1.29 is 4.74 Å². The lowest BCUT2D eigenvalue weighted by atomic mass is 10.1. The fourth-order valence-corrected chi connectivity index (χ4v) is 2.74. The van der Waals surface area contributed by atoms with E-state index in [4.69, 9.17) is 16.3 Å². The molecular weight excluding hydrogens is 284 g/mol. The lowest BCUT2D eigenvalue weighted by Crippen LogP contribution is -2.43. The molecule has 1 unspecified atom stereocenters. The van der Waals surface area contributed by atoms with Crippen molar-refractivity contribution in [3.05, 3.63) is 28.8 Å². The molecular formula is C17H27ClN2O. The minimum Gasteiger partial charge on any atom is -0.375 e. The summed E-state index contributed by atoms with van der Waals surface area (Å²) in [5, 5.41) is 4.35. The molecule has 3 nitrogen and oxygen atoms in total. The monoisotopic (exact) mass is 310 g/mol. The largest absolute Gasteiger partial charge is 0.375 e. The molecule has 0 spiro atoms. The van der Waals surface area contributed by atoms with E-state index in [-0.39, 0.29) is 5.54 Å². The van der Waals surface area contributed by atoms with Crippen LogP contribution < -0.4 is 10.2 Å². The first-order valence-corrected chi connectivity index (χ1v) is 8.17. The van der Waals surface area contributed by atoms with Crippen molar-refractivity contribution in [1.82, 2.24) is 5.32 Å². The van der Waals surface area contributed by atoms with E-state index in [0.29, 0.717) is 6.10 Å². The molecule has 0 radical (unpaired) electrons. The minimum atomic E-state index is 0.0938. The number of morpholine rings is 1. The third-order valence-electron chi connectivity index (χ3n) is 3.79. The lowest BCUT2D eigenvalue weighted by Gasteiger charge is -2.35. The maximum atomic E-state index is 6.19. The van der Waals surface area contributed by atoms with Gasteiger partial charge in [0.15, 0.2) is 0 Å². The maximum Gasteiger partial charge on any atom is 0.0748 e. The Morgan fingerprint density at radius 1 is 1.38 bits per heavy atom. The Labute approximate surface area is 133 Å². The number of anilines is 1. The van der Waals surface area contributed by atoms with Crippen LogP contribution in [0.1, 0.15) is 39.7 Å². The Hall–Kier alpha value is -0.770. The summed E-state index contributed by atoms with van der Waals surface area (Å²) >= 11 is 6.19. The van der Waals surface area contributed by atoms with Crippen LogP contribution >= 0.6 is 11.6 Å². The summed E-state index contributed by atoms with van der Waals surface area (Å²) in [5.41, 5.74) is 2.63. The number of halogens is 1. The topological polar surface area (TPSA) is 24.5 Å². The highest BCUT2D eigenvalue weighted by molar-refractivity contribution is 6.30. The van der Waals surface area contributed by atoms with Crippen LogP contribution in [0.3, 0.4) is 0 Å². The van der Waals surface area contributed by atoms with Crippen LogP contribution in [0.25, 0.3) is 0 Å². The molecule has 1 aliphatic heterocycles. The molecule has 0 saturated carbocycles. The molecule has 1 aliphatic rings. The molecule has 1 saturated heterocycles. The molecule has 0 amide bonds. The van der Waals surface area contributed by atoms with E-state index in [1.807, 2.05) is 6.07 Å². The summed E-state index contributed by atoms with van der Waals surface area (Å²) in [7, 11) is 0. The standard InChI is InChI=1S/C17H27ClN2O/c1-5-15-12-20(8-9-21-15)16-7-6-14(18)10-13(16)11-19-17(2,3)4/h6-7,10,15,19H,5,8-9,11-12H2,1-4H3. The van der Waals surface area contributed by atoms with Crippen LogP contribution in [0, 0.1) is 0 Å². The molecule has 2 rings (SSSR count). The van der Waals surface area contributed by atoms with E-state index >= 15 is 0 Å². The van der Waals surface area contributed by atoms with Crippen molar-refractivity contribution in [2.24, 2.45) is 0 Å². The fourth-order valence-electron chi connectivity index (χ4n) is 2.55. The summed E-state index contributed by atoms with van der Waals surface area (Å²) in [5.74, 6) is 0. The Morgan fingerprint density at radius 3 is 2.81 bits per heavy atom. The Balaban J connectivity index is 2.17. The van der Waals surface area contributed by atoms with Gasteiger partial charge in [-0.1, -0.05) is 18.5 Å². The number of ether oxygens (including phenoxy) is 1. The smallest absolute Gasteiger partial charge is 0.0748 e. The molecule has 21 heavy (non-hydrogen) atoms. The van der Waals surface area contributed by atoms with Crippen molar-refractivity contribution >= 4 is 17.3 Å². The van der Waals surface area contributed by atoms with E-state index in [0.717, 1.165) is 37.7 Å². The van der Waals surface area contributed by atoms with Gasteiger partial charge in [0.1, 0.15) is 0 Å². The average Bonchev–Trinajstić information content (AvgIpc) is 2.44. The van der Waals surface area contributed by atoms with E-state index < -0.39 is 0 Å². The van der Waals surface area contributed by atoms with Gasteiger partial charge < -0.3 is 15.0 Å². The third kappa shape index (κ3) is 4.87. The first-order valence-electron chi connectivity index (χ1n) is 7.79. The average molecular weight is 311 g/mol. The summed E-state index contributed by atoms with van der Waals surface area (Å²) in [4.78, 5) is 2.42. The predicted octanol–water partition coefficient (Wildman–Crippen LogP) is 3.84. The second-order valence-electron chi connectivity index (χ2n) is 6.72. The van der Waals surface area contributed by atoms with Gasteiger partial charge in [-0.25, -0.2) is 0 Å². The molecule has 1 N–H and O–H groups in total. The van der Waals surface area contributed by atoms with Crippen LogP contribution in [0.4, 0.5) is 5.69 Å². The molecule has 0 bridgehead atoms. The van der Waals surface area contributed by atoms with Gasteiger partial charge in [-0.2, -0.15) is 0 Å². The van der Waals surface area contributed by atoms with Crippen LogP contribution in [-0.2, 0) is 11.3 Å². The second-order valence-corrected chi connectivity index (χ2v) is 7.16. The van der Waals surface area contributed by atoms with Crippen LogP contribution in [0.5, 0.6) is 0 Å². The normalized spacial score (nSPS) is 19.9.